The van der Waals surface area contributed by atoms with Crippen LogP contribution in [-0.2, 0) is 9.16 Å². The molecule has 11 nitrogen and oxygen atoms in total. The topological polar surface area (TPSA) is 161 Å². The summed E-state index contributed by atoms with van der Waals surface area (Å²) in [5.74, 6) is -0.306. The van der Waals surface area contributed by atoms with E-state index >= 15 is 0 Å². The molecule has 1 amide bonds. The Bertz CT molecular complexity index is 1090. The SMILES string of the molecule is CC(C)(C)[Si](C)(C)OC1[C@@H](CCNC(N)O)O[C@@H](n2ccc(NC(=O)c3ccccc3)nc2=O)[C@H]1O. The average Bonchev–Trinajstić information content (AvgIpc) is 3.08. The van der Waals surface area contributed by atoms with Crippen molar-refractivity contribution in [3.05, 3.63) is 58.6 Å². The smallest absolute Gasteiger partial charge is 0.351 e. The minimum atomic E-state index is -2.30. The molecule has 1 aliphatic rings. The Labute approximate surface area is 211 Å². The second-order valence-electron chi connectivity index (χ2n) is 10.4. The highest BCUT2D eigenvalue weighted by Crippen LogP contribution is 2.41. The average molecular weight is 520 g/mol. The van der Waals surface area contributed by atoms with Crippen molar-refractivity contribution in [2.24, 2.45) is 5.73 Å². The van der Waals surface area contributed by atoms with Gasteiger partial charge in [-0.3, -0.25) is 20.4 Å². The highest BCUT2D eigenvalue weighted by atomic mass is 28.4. The third-order valence-corrected chi connectivity index (χ3v) is 11.2. The van der Waals surface area contributed by atoms with E-state index in [1.54, 1.807) is 30.3 Å². The normalized spacial score (nSPS) is 23.4. The number of amides is 1. The predicted octanol–water partition coefficient (Wildman–Crippen LogP) is 1.36. The molecule has 5 atom stereocenters. The number of aliphatic hydroxyl groups is 2. The van der Waals surface area contributed by atoms with Crippen LogP contribution in [0.5, 0.6) is 0 Å². The lowest BCUT2D eigenvalue weighted by molar-refractivity contribution is -0.0421. The fourth-order valence-corrected chi connectivity index (χ4v) is 5.00. The molecule has 0 aliphatic carbocycles. The van der Waals surface area contributed by atoms with Gasteiger partial charge in [-0.05, 0) is 42.8 Å². The molecule has 0 bridgehead atoms. The molecule has 1 aliphatic heterocycles. The van der Waals surface area contributed by atoms with Crippen LogP contribution in [0.4, 0.5) is 5.82 Å². The van der Waals surface area contributed by atoms with Crippen molar-refractivity contribution in [1.82, 2.24) is 14.9 Å². The van der Waals surface area contributed by atoms with Crippen LogP contribution < -0.4 is 22.1 Å². The third kappa shape index (κ3) is 6.65. The van der Waals surface area contributed by atoms with E-state index in [1.165, 1.54) is 16.8 Å². The fraction of sp³-hybridized carbons (Fsp3) is 0.542. The fourth-order valence-electron chi connectivity index (χ4n) is 3.67. The van der Waals surface area contributed by atoms with E-state index in [-0.39, 0.29) is 10.9 Å². The summed E-state index contributed by atoms with van der Waals surface area (Å²) in [5, 5.41) is 25.8. The minimum Gasteiger partial charge on any atom is -0.408 e. The molecular formula is C24H37N5O6Si. The number of benzene rings is 1. The number of aliphatic hydroxyl groups excluding tert-OH is 2. The number of nitrogens with two attached hydrogens (primary N) is 1. The van der Waals surface area contributed by atoms with E-state index < -0.39 is 50.8 Å². The van der Waals surface area contributed by atoms with Gasteiger partial charge in [0, 0.05) is 18.3 Å². The van der Waals surface area contributed by atoms with Gasteiger partial charge in [0.05, 0.1) is 6.10 Å². The van der Waals surface area contributed by atoms with Crippen LogP contribution in [0.2, 0.25) is 18.1 Å². The maximum atomic E-state index is 12.9. The van der Waals surface area contributed by atoms with Gasteiger partial charge in [-0.1, -0.05) is 39.0 Å². The van der Waals surface area contributed by atoms with E-state index in [0.717, 1.165) is 0 Å². The molecule has 0 saturated carbocycles. The van der Waals surface area contributed by atoms with Crippen molar-refractivity contribution in [3.8, 4) is 0 Å². The first kappa shape index (κ1) is 28.1. The zero-order valence-corrected chi connectivity index (χ0v) is 22.3. The standard InChI is InChI=1S/C24H37N5O6Si/c1-24(2,3)36(4,5)35-19-16(11-13-26-22(25)32)34-21(18(19)30)29-14-12-17(28-23(29)33)27-20(31)15-9-7-6-8-10-15/h6-10,12,14,16,18-19,21-22,26,30,32H,11,13,25H2,1-5H3,(H,27,28,31,33)/t16-,18+,19?,21-,22?/m1/s1. The molecule has 1 fully saturated rings. The van der Waals surface area contributed by atoms with Gasteiger partial charge in [-0.25, -0.2) is 4.79 Å². The van der Waals surface area contributed by atoms with Crippen LogP contribution in [0.1, 0.15) is 43.8 Å². The van der Waals surface area contributed by atoms with Crippen molar-refractivity contribution in [2.75, 3.05) is 11.9 Å². The van der Waals surface area contributed by atoms with E-state index in [1.807, 2.05) is 0 Å². The number of ether oxygens (including phenoxy) is 1. The summed E-state index contributed by atoms with van der Waals surface area (Å²) in [7, 11) is -2.30. The van der Waals surface area contributed by atoms with Gasteiger partial charge in [0.2, 0.25) is 0 Å². The molecule has 3 rings (SSSR count). The van der Waals surface area contributed by atoms with Crippen LogP contribution in [0.3, 0.4) is 0 Å². The maximum absolute atomic E-state index is 12.9. The first-order valence-electron chi connectivity index (χ1n) is 11.9. The first-order valence-corrected chi connectivity index (χ1v) is 14.8. The second kappa shape index (κ2) is 11.3. The number of nitrogens with zero attached hydrogens (tertiary/aromatic N) is 2. The summed E-state index contributed by atoms with van der Waals surface area (Å²) < 4.78 is 13.8. The summed E-state index contributed by atoms with van der Waals surface area (Å²) >= 11 is 0. The number of anilines is 1. The summed E-state index contributed by atoms with van der Waals surface area (Å²) in [5.41, 5.74) is 5.11. The lowest BCUT2D eigenvalue weighted by atomic mass is 10.1. The minimum absolute atomic E-state index is 0.0874. The van der Waals surface area contributed by atoms with Crippen LogP contribution in [0.25, 0.3) is 0 Å². The van der Waals surface area contributed by atoms with Crippen molar-refractivity contribution < 1.29 is 24.2 Å². The Kier molecular flexibility index (Phi) is 8.83. The predicted molar refractivity (Wildman–Crippen MR) is 138 cm³/mol. The number of hydrogen-bond acceptors (Lipinski definition) is 9. The van der Waals surface area contributed by atoms with Crippen LogP contribution in [0.15, 0.2) is 47.4 Å². The zero-order valence-electron chi connectivity index (χ0n) is 21.3. The zero-order chi connectivity index (χ0) is 26.7. The lowest BCUT2D eigenvalue weighted by Crippen LogP contribution is -2.50. The molecule has 1 saturated heterocycles. The Morgan fingerprint density at radius 2 is 1.94 bits per heavy atom. The number of carbonyl (C=O) groups is 1. The number of aromatic nitrogens is 2. The van der Waals surface area contributed by atoms with E-state index in [0.29, 0.717) is 18.5 Å². The Morgan fingerprint density at radius 1 is 1.28 bits per heavy atom. The molecule has 198 valence electrons. The molecule has 1 aromatic heterocycles. The number of nitrogens with one attached hydrogen (secondary N) is 2. The molecule has 2 aromatic rings. The molecule has 0 spiro atoms. The van der Waals surface area contributed by atoms with Crippen LogP contribution >= 0.6 is 0 Å². The molecule has 0 radical (unpaired) electrons. The summed E-state index contributed by atoms with van der Waals surface area (Å²) in [4.78, 5) is 29.2. The highest BCUT2D eigenvalue weighted by Gasteiger charge is 2.50. The maximum Gasteiger partial charge on any atom is 0.351 e. The number of hydrogen-bond donors (Lipinski definition) is 5. The quantitative estimate of drug-likeness (QED) is 0.243. The molecular weight excluding hydrogens is 482 g/mol. The van der Waals surface area contributed by atoms with Crippen molar-refractivity contribution in [3.63, 3.8) is 0 Å². The van der Waals surface area contributed by atoms with Gasteiger partial charge in [0.15, 0.2) is 20.9 Å². The molecule has 6 N–H and O–H groups in total. The van der Waals surface area contributed by atoms with E-state index in [4.69, 9.17) is 14.9 Å². The van der Waals surface area contributed by atoms with E-state index in [2.05, 4.69) is 49.5 Å². The molecule has 2 heterocycles. The van der Waals surface area contributed by atoms with Crippen molar-refractivity contribution in [2.45, 2.75) is 76.2 Å². The largest absolute Gasteiger partial charge is 0.408 e. The first-order chi connectivity index (χ1) is 16.8. The van der Waals surface area contributed by atoms with E-state index in [9.17, 15) is 19.8 Å². The van der Waals surface area contributed by atoms with Crippen LogP contribution in [0, 0.1) is 0 Å². The Morgan fingerprint density at radius 3 is 2.53 bits per heavy atom. The highest BCUT2D eigenvalue weighted by molar-refractivity contribution is 6.74. The second-order valence-corrected chi connectivity index (χ2v) is 15.2. The van der Waals surface area contributed by atoms with Gasteiger partial charge in [-0.2, -0.15) is 4.98 Å². The summed E-state index contributed by atoms with van der Waals surface area (Å²) in [6, 6.07) is 10.1. The molecule has 12 heteroatoms. The summed E-state index contributed by atoms with van der Waals surface area (Å²) in [6.45, 7) is 10.7. The van der Waals surface area contributed by atoms with Gasteiger partial charge >= 0.3 is 5.69 Å². The van der Waals surface area contributed by atoms with Crippen molar-refractivity contribution in [1.29, 1.82) is 0 Å². The van der Waals surface area contributed by atoms with Gasteiger partial charge in [0.25, 0.3) is 5.91 Å². The van der Waals surface area contributed by atoms with Gasteiger partial charge in [0.1, 0.15) is 18.0 Å². The van der Waals surface area contributed by atoms with Gasteiger partial charge < -0.3 is 24.7 Å². The monoisotopic (exact) mass is 519 g/mol. The number of carbonyl (C=O) groups excluding carboxylic acids is 1. The van der Waals surface area contributed by atoms with Crippen LogP contribution in [-0.4, -0.2) is 65.2 Å². The molecule has 36 heavy (non-hydrogen) atoms. The van der Waals surface area contributed by atoms with Gasteiger partial charge in [-0.15, -0.1) is 0 Å². The van der Waals surface area contributed by atoms with Crippen molar-refractivity contribution >= 4 is 20.0 Å². The summed E-state index contributed by atoms with van der Waals surface area (Å²) in [6.07, 6.45) is -2.81. The Hall–Kier alpha value is -2.45. The molecule has 2 unspecified atom stereocenters. The third-order valence-electron chi connectivity index (χ3n) is 6.71. The molecule has 1 aromatic carbocycles. The Balaban J connectivity index is 1.81. The number of rotatable bonds is 9. The lowest BCUT2D eigenvalue weighted by Gasteiger charge is -2.40.